The first-order valence-corrected chi connectivity index (χ1v) is 4.64. The molecule has 0 saturated carbocycles. The van der Waals surface area contributed by atoms with Crippen LogP contribution in [0.5, 0.6) is 11.5 Å². The van der Waals surface area contributed by atoms with Crippen molar-refractivity contribution in [2.45, 2.75) is 0 Å². The van der Waals surface area contributed by atoms with Gasteiger partial charge in [-0.15, -0.1) is 0 Å². The quantitative estimate of drug-likeness (QED) is 0.509. The summed E-state index contributed by atoms with van der Waals surface area (Å²) >= 11 is 5.07. The van der Waals surface area contributed by atoms with Gasteiger partial charge in [0.1, 0.15) is 4.64 Å². The standard InChI is InChI=1S/C10H8N2O2S/c13-8-2-1-6(3-9(8)14)7-4-11-5-12-10(7)15/h1-5,13-14H,(H,11,12,15). The van der Waals surface area contributed by atoms with Crippen LogP contribution in [-0.2, 0) is 0 Å². The van der Waals surface area contributed by atoms with Crippen molar-refractivity contribution in [3.05, 3.63) is 35.4 Å². The van der Waals surface area contributed by atoms with Crippen molar-refractivity contribution in [2.75, 3.05) is 0 Å². The van der Waals surface area contributed by atoms with Crippen molar-refractivity contribution in [3.8, 4) is 22.6 Å². The van der Waals surface area contributed by atoms with Gasteiger partial charge in [-0.3, -0.25) is 0 Å². The first kappa shape index (κ1) is 9.67. The van der Waals surface area contributed by atoms with Crippen LogP contribution in [0.3, 0.4) is 0 Å². The molecule has 3 N–H and O–H groups in total. The lowest BCUT2D eigenvalue weighted by atomic mass is 10.1. The fourth-order valence-corrected chi connectivity index (χ4v) is 1.46. The third kappa shape index (κ3) is 1.82. The molecule has 2 aromatic rings. The molecule has 1 heterocycles. The van der Waals surface area contributed by atoms with Crippen LogP contribution in [0.1, 0.15) is 0 Å². The summed E-state index contributed by atoms with van der Waals surface area (Å²) in [5, 5.41) is 18.5. The molecule has 2 rings (SSSR count). The van der Waals surface area contributed by atoms with Gasteiger partial charge in [0.15, 0.2) is 11.5 Å². The first-order chi connectivity index (χ1) is 7.18. The Bertz CT molecular complexity index is 551. The van der Waals surface area contributed by atoms with Crippen molar-refractivity contribution < 1.29 is 10.2 Å². The smallest absolute Gasteiger partial charge is 0.158 e. The van der Waals surface area contributed by atoms with Gasteiger partial charge in [0.25, 0.3) is 0 Å². The van der Waals surface area contributed by atoms with Gasteiger partial charge in [-0.05, 0) is 17.7 Å². The molecule has 0 aliphatic rings. The Hall–Kier alpha value is -1.88. The van der Waals surface area contributed by atoms with E-state index in [9.17, 15) is 5.11 Å². The average Bonchev–Trinajstić information content (AvgIpc) is 2.23. The van der Waals surface area contributed by atoms with E-state index in [0.29, 0.717) is 15.8 Å². The lowest BCUT2D eigenvalue weighted by molar-refractivity contribution is 0.404. The predicted octanol–water partition coefficient (Wildman–Crippen LogP) is 2.22. The molecule has 0 radical (unpaired) electrons. The van der Waals surface area contributed by atoms with Gasteiger partial charge < -0.3 is 15.2 Å². The summed E-state index contributed by atoms with van der Waals surface area (Å²) in [5.41, 5.74) is 1.42. The van der Waals surface area contributed by atoms with Gasteiger partial charge in [-0.1, -0.05) is 18.3 Å². The number of phenols is 2. The molecule has 0 aliphatic carbocycles. The minimum absolute atomic E-state index is 0.155. The molecule has 0 unspecified atom stereocenters. The second-order valence-electron chi connectivity index (χ2n) is 3.00. The van der Waals surface area contributed by atoms with Crippen LogP contribution in [0.4, 0.5) is 0 Å². The molecule has 0 bridgehead atoms. The summed E-state index contributed by atoms with van der Waals surface area (Å²) < 4.78 is 0.537. The van der Waals surface area contributed by atoms with E-state index in [1.807, 2.05) is 0 Å². The average molecular weight is 220 g/mol. The molecule has 0 amide bonds. The van der Waals surface area contributed by atoms with Crippen LogP contribution in [0, 0.1) is 4.64 Å². The van der Waals surface area contributed by atoms with E-state index in [2.05, 4.69) is 9.97 Å². The van der Waals surface area contributed by atoms with E-state index in [0.717, 1.165) is 0 Å². The van der Waals surface area contributed by atoms with Crippen LogP contribution < -0.4 is 0 Å². The van der Waals surface area contributed by atoms with Crippen LogP contribution >= 0.6 is 12.2 Å². The zero-order valence-electron chi connectivity index (χ0n) is 7.64. The van der Waals surface area contributed by atoms with Gasteiger partial charge in [-0.25, -0.2) is 4.98 Å². The SMILES string of the molecule is Oc1ccc(-c2cnc[nH]c2=S)cc1O. The van der Waals surface area contributed by atoms with Crippen LogP contribution in [0.15, 0.2) is 30.7 Å². The molecule has 1 aromatic heterocycles. The number of aromatic nitrogens is 2. The third-order valence-corrected chi connectivity index (χ3v) is 2.34. The lowest BCUT2D eigenvalue weighted by Crippen LogP contribution is -1.84. The Kier molecular flexibility index (Phi) is 2.39. The number of H-pyrrole nitrogens is 1. The van der Waals surface area contributed by atoms with Gasteiger partial charge in [0, 0.05) is 11.8 Å². The minimum atomic E-state index is -0.175. The van der Waals surface area contributed by atoms with Crippen molar-refractivity contribution >= 4 is 12.2 Å². The molecular weight excluding hydrogens is 212 g/mol. The molecule has 15 heavy (non-hydrogen) atoms. The van der Waals surface area contributed by atoms with E-state index in [4.69, 9.17) is 17.3 Å². The highest BCUT2D eigenvalue weighted by Gasteiger charge is 2.04. The Morgan fingerprint density at radius 1 is 1.20 bits per heavy atom. The Balaban J connectivity index is 2.60. The van der Waals surface area contributed by atoms with Crippen molar-refractivity contribution in [3.63, 3.8) is 0 Å². The summed E-state index contributed by atoms with van der Waals surface area (Å²) in [6.07, 6.45) is 3.09. The van der Waals surface area contributed by atoms with E-state index in [1.165, 1.54) is 18.5 Å². The maximum Gasteiger partial charge on any atom is 0.158 e. The molecule has 5 heteroatoms. The van der Waals surface area contributed by atoms with Gasteiger partial charge >= 0.3 is 0 Å². The highest BCUT2D eigenvalue weighted by atomic mass is 32.1. The van der Waals surface area contributed by atoms with E-state index in [1.54, 1.807) is 12.3 Å². The fraction of sp³-hybridized carbons (Fsp3) is 0. The number of aromatic hydroxyl groups is 2. The molecule has 0 aliphatic heterocycles. The molecule has 1 aromatic carbocycles. The van der Waals surface area contributed by atoms with Gasteiger partial charge in [-0.2, -0.15) is 0 Å². The second kappa shape index (κ2) is 3.70. The van der Waals surface area contributed by atoms with E-state index in [-0.39, 0.29) is 11.5 Å². The summed E-state index contributed by atoms with van der Waals surface area (Å²) in [4.78, 5) is 6.70. The predicted molar refractivity (Wildman–Crippen MR) is 58.2 cm³/mol. The molecule has 0 fully saturated rings. The zero-order chi connectivity index (χ0) is 10.8. The molecule has 0 saturated heterocycles. The summed E-state index contributed by atoms with van der Waals surface area (Å²) in [7, 11) is 0. The Morgan fingerprint density at radius 2 is 2.00 bits per heavy atom. The number of nitrogens with zero attached hydrogens (tertiary/aromatic N) is 1. The normalized spacial score (nSPS) is 10.1. The highest BCUT2D eigenvalue weighted by molar-refractivity contribution is 7.71. The highest BCUT2D eigenvalue weighted by Crippen LogP contribution is 2.30. The number of phenolic OH excluding ortho intramolecular Hbond substituents is 2. The number of benzene rings is 1. The lowest BCUT2D eigenvalue weighted by Gasteiger charge is -2.02. The topological polar surface area (TPSA) is 69.1 Å². The molecule has 4 nitrogen and oxygen atoms in total. The molecule has 0 atom stereocenters. The van der Waals surface area contributed by atoms with Crippen LogP contribution in [0.25, 0.3) is 11.1 Å². The Labute approximate surface area is 90.9 Å². The Morgan fingerprint density at radius 3 is 2.67 bits per heavy atom. The third-order valence-electron chi connectivity index (χ3n) is 2.00. The monoisotopic (exact) mass is 220 g/mol. The minimum Gasteiger partial charge on any atom is -0.504 e. The van der Waals surface area contributed by atoms with Crippen LogP contribution in [0.2, 0.25) is 0 Å². The van der Waals surface area contributed by atoms with Crippen molar-refractivity contribution in [1.82, 2.24) is 9.97 Å². The maximum atomic E-state index is 9.34. The molecule has 0 spiro atoms. The second-order valence-corrected chi connectivity index (χ2v) is 3.41. The number of rotatable bonds is 1. The van der Waals surface area contributed by atoms with Crippen molar-refractivity contribution in [2.24, 2.45) is 0 Å². The summed E-state index contributed by atoms with van der Waals surface area (Å²) in [6.45, 7) is 0. The van der Waals surface area contributed by atoms with Gasteiger partial charge in [0.05, 0.1) is 6.33 Å². The molecular formula is C10H8N2O2S. The van der Waals surface area contributed by atoms with Crippen LogP contribution in [-0.4, -0.2) is 20.2 Å². The number of nitrogens with one attached hydrogen (secondary N) is 1. The summed E-state index contributed by atoms with van der Waals surface area (Å²) in [5.74, 6) is -0.330. The van der Waals surface area contributed by atoms with Crippen molar-refractivity contribution in [1.29, 1.82) is 0 Å². The largest absolute Gasteiger partial charge is 0.504 e. The van der Waals surface area contributed by atoms with E-state index < -0.39 is 0 Å². The number of hydrogen-bond acceptors (Lipinski definition) is 4. The summed E-state index contributed by atoms with van der Waals surface area (Å²) in [6, 6.07) is 4.51. The number of hydrogen-bond donors (Lipinski definition) is 3. The maximum absolute atomic E-state index is 9.34. The fourth-order valence-electron chi connectivity index (χ4n) is 1.24. The zero-order valence-corrected chi connectivity index (χ0v) is 8.45. The first-order valence-electron chi connectivity index (χ1n) is 4.23. The van der Waals surface area contributed by atoms with Gasteiger partial charge in [0.2, 0.25) is 0 Å². The molecule has 76 valence electrons. The number of aromatic amines is 1. The van der Waals surface area contributed by atoms with E-state index >= 15 is 0 Å².